The minimum atomic E-state index is -0.295. The van der Waals surface area contributed by atoms with Crippen molar-refractivity contribution in [2.45, 2.75) is 6.42 Å². The number of rotatable bonds is 4. The molecule has 118 valence electrons. The summed E-state index contributed by atoms with van der Waals surface area (Å²) < 4.78 is 6.01. The first-order valence-corrected chi connectivity index (χ1v) is 9.57. The van der Waals surface area contributed by atoms with Gasteiger partial charge in [-0.3, -0.25) is 4.79 Å². The molecule has 23 heavy (non-hydrogen) atoms. The molecule has 3 rings (SSSR count). The number of fused-ring (bicyclic) bond motifs is 2. The van der Waals surface area contributed by atoms with Gasteiger partial charge in [-0.25, -0.2) is 4.98 Å². The third kappa shape index (κ3) is 3.40. The second-order valence-electron chi connectivity index (χ2n) is 5.19. The molecule has 0 fully saturated rings. The van der Waals surface area contributed by atoms with E-state index < -0.39 is 0 Å². The minimum Gasteiger partial charge on any atom is -0.438 e. The lowest BCUT2D eigenvalue weighted by Crippen LogP contribution is -2.20. The summed E-state index contributed by atoms with van der Waals surface area (Å²) >= 11 is 6.72. The lowest BCUT2D eigenvalue weighted by Gasteiger charge is -2.19. The standard InChI is InChI=1S/C18H15Br2NO2/c19-8-2-4-12-10-15-14(16(22)11-20)5-1-7-17(15)23-18-13(12)6-3-9-21-18/h1,3-7,9-10,14H,2,8,11H2. The highest BCUT2D eigenvalue weighted by atomic mass is 79.9. The first kappa shape index (κ1) is 16.4. The van der Waals surface area contributed by atoms with Gasteiger partial charge in [0.2, 0.25) is 5.88 Å². The number of hydrogen-bond donors (Lipinski definition) is 0. The summed E-state index contributed by atoms with van der Waals surface area (Å²) in [5.74, 6) is 1.08. The van der Waals surface area contributed by atoms with Crippen LogP contribution in [0.3, 0.4) is 0 Å². The zero-order chi connectivity index (χ0) is 16.2. The molecule has 0 N–H and O–H groups in total. The van der Waals surface area contributed by atoms with Gasteiger partial charge in [-0.2, -0.15) is 0 Å². The Morgan fingerprint density at radius 2 is 2.26 bits per heavy atom. The smallest absolute Gasteiger partial charge is 0.227 e. The van der Waals surface area contributed by atoms with Crippen molar-refractivity contribution in [2.24, 2.45) is 5.92 Å². The zero-order valence-corrected chi connectivity index (χ0v) is 15.5. The molecule has 1 aliphatic heterocycles. The van der Waals surface area contributed by atoms with Crippen LogP contribution in [0.2, 0.25) is 0 Å². The number of allylic oxidation sites excluding steroid dienone is 7. The molecule has 1 unspecified atom stereocenters. The number of pyridine rings is 1. The van der Waals surface area contributed by atoms with Gasteiger partial charge in [-0.1, -0.05) is 50.1 Å². The third-order valence-corrected chi connectivity index (χ3v) is 4.73. The topological polar surface area (TPSA) is 39.2 Å². The van der Waals surface area contributed by atoms with Gasteiger partial charge in [0.25, 0.3) is 0 Å². The van der Waals surface area contributed by atoms with Gasteiger partial charge >= 0.3 is 0 Å². The van der Waals surface area contributed by atoms with Crippen molar-refractivity contribution in [1.29, 1.82) is 0 Å². The van der Waals surface area contributed by atoms with Crippen LogP contribution in [0.4, 0.5) is 0 Å². The Labute approximate surface area is 152 Å². The van der Waals surface area contributed by atoms with Crippen molar-refractivity contribution in [3.63, 3.8) is 0 Å². The summed E-state index contributed by atoms with van der Waals surface area (Å²) in [5.41, 5.74) is 2.87. The lowest BCUT2D eigenvalue weighted by molar-refractivity contribution is -0.118. The molecule has 0 aromatic carbocycles. The predicted molar refractivity (Wildman–Crippen MR) is 98.9 cm³/mol. The quantitative estimate of drug-likeness (QED) is 0.647. The van der Waals surface area contributed by atoms with Gasteiger partial charge in [0.1, 0.15) is 5.76 Å². The Balaban J connectivity index is 2.12. The highest BCUT2D eigenvalue weighted by Gasteiger charge is 2.29. The Bertz CT molecular complexity index is 747. The first-order chi connectivity index (χ1) is 11.2. The summed E-state index contributed by atoms with van der Waals surface area (Å²) in [4.78, 5) is 16.6. The molecule has 0 saturated heterocycles. The van der Waals surface area contributed by atoms with Crippen LogP contribution in [0.15, 0.2) is 60.0 Å². The predicted octanol–water partition coefficient (Wildman–Crippen LogP) is 4.60. The van der Waals surface area contributed by atoms with E-state index in [0.29, 0.717) is 17.0 Å². The van der Waals surface area contributed by atoms with Crippen molar-refractivity contribution >= 4 is 43.2 Å². The van der Waals surface area contributed by atoms with Gasteiger partial charge in [-0.15, -0.1) is 0 Å². The second kappa shape index (κ2) is 7.41. The Kier molecular flexibility index (Phi) is 5.28. The third-order valence-electron chi connectivity index (χ3n) is 3.72. The van der Waals surface area contributed by atoms with Crippen LogP contribution in [-0.2, 0) is 4.79 Å². The number of ketones is 1. The Hall–Kier alpha value is -1.46. The van der Waals surface area contributed by atoms with Crippen molar-refractivity contribution in [1.82, 2.24) is 4.98 Å². The van der Waals surface area contributed by atoms with E-state index in [1.54, 1.807) is 6.20 Å². The molecule has 0 saturated carbocycles. The molecule has 0 amide bonds. The molecule has 3 nitrogen and oxygen atoms in total. The fourth-order valence-electron chi connectivity index (χ4n) is 2.65. The molecular weight excluding hydrogens is 422 g/mol. The SMILES string of the molecule is O=C(CBr)C1C=CC=C2Oc3ncccc3C(=CCCBr)C=C21. The van der Waals surface area contributed by atoms with Gasteiger partial charge in [0, 0.05) is 22.7 Å². The van der Waals surface area contributed by atoms with Crippen molar-refractivity contribution < 1.29 is 9.53 Å². The number of aromatic nitrogens is 1. The number of nitrogens with zero attached hydrogens (tertiary/aromatic N) is 1. The van der Waals surface area contributed by atoms with E-state index in [4.69, 9.17) is 4.74 Å². The average molecular weight is 437 g/mol. The van der Waals surface area contributed by atoms with Gasteiger partial charge < -0.3 is 4.74 Å². The number of carbonyl (C=O) groups excluding carboxylic acids is 1. The number of halogens is 2. The highest BCUT2D eigenvalue weighted by Crippen LogP contribution is 2.38. The maximum absolute atomic E-state index is 12.3. The summed E-state index contributed by atoms with van der Waals surface area (Å²) in [6, 6.07) is 3.89. The molecule has 1 aliphatic carbocycles. The van der Waals surface area contributed by atoms with E-state index >= 15 is 0 Å². The molecule has 1 aromatic heterocycles. The first-order valence-electron chi connectivity index (χ1n) is 7.33. The molecule has 0 radical (unpaired) electrons. The number of ether oxygens (including phenoxy) is 1. The molecule has 0 bridgehead atoms. The normalized spacial score (nSPS) is 20.8. The highest BCUT2D eigenvalue weighted by molar-refractivity contribution is 9.09. The molecule has 1 atom stereocenters. The monoisotopic (exact) mass is 435 g/mol. The molecular formula is C18H15Br2NO2. The average Bonchev–Trinajstić information content (AvgIpc) is 2.75. The van der Waals surface area contributed by atoms with Crippen molar-refractivity contribution in [3.05, 3.63) is 65.6 Å². The van der Waals surface area contributed by atoms with Crippen LogP contribution in [-0.4, -0.2) is 21.4 Å². The lowest BCUT2D eigenvalue weighted by atomic mass is 9.88. The van der Waals surface area contributed by atoms with Crippen LogP contribution in [0.5, 0.6) is 5.88 Å². The summed E-state index contributed by atoms with van der Waals surface area (Å²) in [6.07, 6.45) is 12.5. The van der Waals surface area contributed by atoms with E-state index in [-0.39, 0.29) is 11.7 Å². The van der Waals surface area contributed by atoms with Gasteiger partial charge in [-0.05, 0) is 36.3 Å². The van der Waals surface area contributed by atoms with E-state index in [1.807, 2.05) is 30.4 Å². The second-order valence-corrected chi connectivity index (χ2v) is 6.54. The van der Waals surface area contributed by atoms with Crippen LogP contribution in [0, 0.1) is 5.92 Å². The van der Waals surface area contributed by atoms with Crippen LogP contribution in [0.1, 0.15) is 12.0 Å². The summed E-state index contributed by atoms with van der Waals surface area (Å²) in [5, 5.41) is 1.20. The summed E-state index contributed by atoms with van der Waals surface area (Å²) in [7, 11) is 0. The summed E-state index contributed by atoms with van der Waals surface area (Å²) in [6.45, 7) is 0. The van der Waals surface area contributed by atoms with Crippen LogP contribution in [0.25, 0.3) is 5.57 Å². The number of hydrogen-bond acceptors (Lipinski definition) is 3. The van der Waals surface area contributed by atoms with Crippen molar-refractivity contribution in [3.8, 4) is 5.88 Å². The Morgan fingerprint density at radius 1 is 1.39 bits per heavy atom. The maximum Gasteiger partial charge on any atom is 0.227 e. The molecule has 0 spiro atoms. The van der Waals surface area contributed by atoms with E-state index in [0.717, 1.165) is 28.5 Å². The number of alkyl halides is 2. The van der Waals surface area contributed by atoms with E-state index in [1.165, 1.54) is 0 Å². The largest absolute Gasteiger partial charge is 0.438 e. The van der Waals surface area contributed by atoms with Gasteiger partial charge in [0.15, 0.2) is 5.78 Å². The van der Waals surface area contributed by atoms with Crippen molar-refractivity contribution in [2.75, 3.05) is 10.7 Å². The maximum atomic E-state index is 12.3. The van der Waals surface area contributed by atoms with E-state index in [9.17, 15) is 4.79 Å². The molecule has 2 heterocycles. The zero-order valence-electron chi connectivity index (χ0n) is 12.3. The van der Waals surface area contributed by atoms with Crippen LogP contribution < -0.4 is 4.74 Å². The number of carbonyl (C=O) groups is 1. The Morgan fingerprint density at radius 3 is 3.04 bits per heavy atom. The fraction of sp³-hybridized carbons (Fsp3) is 0.222. The molecule has 2 aliphatic rings. The molecule has 1 aromatic rings. The van der Waals surface area contributed by atoms with Crippen LogP contribution >= 0.6 is 31.9 Å². The van der Waals surface area contributed by atoms with Gasteiger partial charge in [0.05, 0.1) is 11.2 Å². The minimum absolute atomic E-state index is 0.112. The number of Topliss-reactive ketones (excluding diaryl/α,β-unsaturated/α-hetero) is 1. The molecule has 5 heteroatoms. The fourth-order valence-corrected chi connectivity index (χ4v) is 3.22. The van der Waals surface area contributed by atoms with E-state index in [2.05, 4.69) is 49.0 Å².